The topological polar surface area (TPSA) is 38.0 Å². The standard InChI is InChI=1S/C14H20N2/c1-10-8-12(4-5-13(10)15)16-9-14(6-7-14)11-2-3-11/h4-5,8,11,16H,2-3,6-7,9,15H2,1H3. The molecule has 0 unspecified atom stereocenters. The van der Waals surface area contributed by atoms with E-state index in [-0.39, 0.29) is 0 Å². The molecule has 0 spiro atoms. The lowest BCUT2D eigenvalue weighted by molar-refractivity contribution is 0.467. The Bertz CT molecular complexity index is 403. The predicted molar refractivity (Wildman–Crippen MR) is 68.5 cm³/mol. The first-order valence-corrected chi connectivity index (χ1v) is 6.30. The maximum absolute atomic E-state index is 5.81. The summed E-state index contributed by atoms with van der Waals surface area (Å²) in [7, 11) is 0. The van der Waals surface area contributed by atoms with Crippen molar-refractivity contribution in [1.82, 2.24) is 0 Å². The number of hydrogen-bond donors (Lipinski definition) is 2. The molecule has 0 aliphatic heterocycles. The molecule has 0 heterocycles. The van der Waals surface area contributed by atoms with E-state index in [1.54, 1.807) is 0 Å². The van der Waals surface area contributed by atoms with Gasteiger partial charge in [0.2, 0.25) is 0 Å². The highest BCUT2D eigenvalue weighted by Crippen LogP contribution is 2.61. The van der Waals surface area contributed by atoms with Gasteiger partial charge in [-0.3, -0.25) is 0 Å². The number of nitrogen functional groups attached to an aromatic ring is 1. The van der Waals surface area contributed by atoms with Gasteiger partial charge in [0.1, 0.15) is 0 Å². The van der Waals surface area contributed by atoms with Crippen LogP contribution in [0.5, 0.6) is 0 Å². The summed E-state index contributed by atoms with van der Waals surface area (Å²) in [6, 6.07) is 6.23. The first-order chi connectivity index (χ1) is 7.70. The highest BCUT2D eigenvalue weighted by molar-refractivity contribution is 5.56. The van der Waals surface area contributed by atoms with Gasteiger partial charge in [0.05, 0.1) is 0 Å². The van der Waals surface area contributed by atoms with E-state index in [0.29, 0.717) is 5.41 Å². The Labute approximate surface area is 97.2 Å². The normalized spacial score (nSPS) is 21.8. The van der Waals surface area contributed by atoms with Crippen LogP contribution in [0.25, 0.3) is 0 Å². The molecule has 86 valence electrons. The Kier molecular flexibility index (Phi) is 2.13. The molecule has 3 rings (SSSR count). The van der Waals surface area contributed by atoms with Crippen molar-refractivity contribution < 1.29 is 0 Å². The van der Waals surface area contributed by atoms with Gasteiger partial charge < -0.3 is 11.1 Å². The van der Waals surface area contributed by atoms with E-state index < -0.39 is 0 Å². The number of anilines is 2. The molecule has 0 radical (unpaired) electrons. The van der Waals surface area contributed by atoms with Gasteiger partial charge in [-0.05, 0) is 67.7 Å². The maximum Gasteiger partial charge on any atom is 0.0345 e. The number of aryl methyl sites for hydroxylation is 1. The van der Waals surface area contributed by atoms with Crippen LogP contribution in [0, 0.1) is 18.3 Å². The molecule has 0 saturated heterocycles. The predicted octanol–water partition coefficient (Wildman–Crippen LogP) is 3.18. The zero-order valence-electron chi connectivity index (χ0n) is 9.92. The lowest BCUT2D eigenvalue weighted by Crippen LogP contribution is -2.17. The number of rotatable bonds is 4. The molecule has 2 fully saturated rings. The molecule has 0 amide bonds. The van der Waals surface area contributed by atoms with Gasteiger partial charge in [0.25, 0.3) is 0 Å². The van der Waals surface area contributed by atoms with Crippen LogP contribution in [0.15, 0.2) is 18.2 Å². The Morgan fingerprint density at radius 1 is 1.38 bits per heavy atom. The average molecular weight is 216 g/mol. The summed E-state index contributed by atoms with van der Waals surface area (Å²) in [6.07, 6.45) is 5.78. The lowest BCUT2D eigenvalue weighted by atomic mass is 10.0. The summed E-state index contributed by atoms with van der Waals surface area (Å²) in [5.41, 5.74) is 9.75. The summed E-state index contributed by atoms with van der Waals surface area (Å²) in [5, 5.41) is 3.58. The van der Waals surface area contributed by atoms with Gasteiger partial charge in [0.15, 0.2) is 0 Å². The molecule has 0 atom stereocenters. The molecule has 16 heavy (non-hydrogen) atoms. The number of nitrogens with two attached hydrogens (primary N) is 1. The summed E-state index contributed by atoms with van der Waals surface area (Å²) in [5.74, 6) is 1.02. The SMILES string of the molecule is Cc1cc(NCC2(C3CC3)CC2)ccc1N. The Hall–Kier alpha value is -1.18. The molecule has 0 bridgehead atoms. The second-order valence-corrected chi connectivity index (χ2v) is 5.56. The van der Waals surface area contributed by atoms with Gasteiger partial charge in [-0.2, -0.15) is 0 Å². The van der Waals surface area contributed by atoms with Crippen molar-refractivity contribution in [3.8, 4) is 0 Å². The Morgan fingerprint density at radius 3 is 2.69 bits per heavy atom. The molecule has 2 saturated carbocycles. The molecule has 2 nitrogen and oxygen atoms in total. The third-order valence-corrected chi connectivity index (χ3v) is 4.25. The summed E-state index contributed by atoms with van der Waals surface area (Å²) in [6.45, 7) is 3.22. The largest absolute Gasteiger partial charge is 0.399 e. The van der Waals surface area contributed by atoms with E-state index in [1.807, 2.05) is 6.07 Å². The zero-order chi connectivity index (χ0) is 11.2. The first kappa shape index (κ1) is 10.0. The number of nitrogens with one attached hydrogen (secondary N) is 1. The van der Waals surface area contributed by atoms with E-state index in [9.17, 15) is 0 Å². The van der Waals surface area contributed by atoms with Crippen LogP contribution < -0.4 is 11.1 Å². The van der Waals surface area contributed by atoms with Crippen LogP contribution >= 0.6 is 0 Å². The van der Waals surface area contributed by atoms with Crippen LogP contribution in [-0.4, -0.2) is 6.54 Å². The molecule has 1 aromatic rings. The van der Waals surface area contributed by atoms with Crippen LogP contribution in [0.1, 0.15) is 31.2 Å². The van der Waals surface area contributed by atoms with E-state index in [0.717, 1.165) is 18.2 Å². The van der Waals surface area contributed by atoms with E-state index in [2.05, 4.69) is 24.4 Å². The van der Waals surface area contributed by atoms with Crippen LogP contribution in [0.3, 0.4) is 0 Å². The summed E-state index contributed by atoms with van der Waals surface area (Å²) >= 11 is 0. The molecular weight excluding hydrogens is 196 g/mol. The molecule has 2 aliphatic carbocycles. The minimum atomic E-state index is 0.662. The third kappa shape index (κ3) is 1.77. The van der Waals surface area contributed by atoms with Crippen LogP contribution in [0.2, 0.25) is 0 Å². The van der Waals surface area contributed by atoms with Crippen molar-refractivity contribution >= 4 is 11.4 Å². The highest BCUT2D eigenvalue weighted by atomic mass is 14.9. The Morgan fingerprint density at radius 2 is 2.12 bits per heavy atom. The smallest absolute Gasteiger partial charge is 0.0345 e. The van der Waals surface area contributed by atoms with Crippen LogP contribution in [-0.2, 0) is 0 Å². The molecule has 2 heteroatoms. The summed E-state index contributed by atoms with van der Waals surface area (Å²) in [4.78, 5) is 0. The first-order valence-electron chi connectivity index (χ1n) is 6.30. The molecular formula is C14H20N2. The lowest BCUT2D eigenvalue weighted by Gasteiger charge is -2.16. The van der Waals surface area contributed by atoms with Crippen molar-refractivity contribution in [3.63, 3.8) is 0 Å². The minimum Gasteiger partial charge on any atom is -0.399 e. The van der Waals surface area contributed by atoms with Crippen molar-refractivity contribution in [1.29, 1.82) is 0 Å². The molecule has 1 aromatic carbocycles. The van der Waals surface area contributed by atoms with Crippen molar-refractivity contribution in [2.24, 2.45) is 11.3 Å². The quantitative estimate of drug-likeness (QED) is 0.759. The van der Waals surface area contributed by atoms with Crippen molar-refractivity contribution in [2.45, 2.75) is 32.6 Å². The second kappa shape index (κ2) is 3.41. The molecule has 3 N–H and O–H groups in total. The molecule has 0 aromatic heterocycles. The monoisotopic (exact) mass is 216 g/mol. The van der Waals surface area contributed by atoms with E-state index >= 15 is 0 Å². The zero-order valence-corrected chi connectivity index (χ0v) is 9.92. The van der Waals surface area contributed by atoms with Gasteiger partial charge >= 0.3 is 0 Å². The van der Waals surface area contributed by atoms with E-state index in [1.165, 1.54) is 36.9 Å². The van der Waals surface area contributed by atoms with E-state index in [4.69, 9.17) is 5.73 Å². The fraction of sp³-hybridized carbons (Fsp3) is 0.571. The highest BCUT2D eigenvalue weighted by Gasteiger charge is 2.53. The van der Waals surface area contributed by atoms with Crippen molar-refractivity contribution in [3.05, 3.63) is 23.8 Å². The van der Waals surface area contributed by atoms with Gasteiger partial charge in [-0.15, -0.1) is 0 Å². The number of benzene rings is 1. The maximum atomic E-state index is 5.81. The Balaban J connectivity index is 1.63. The van der Waals surface area contributed by atoms with Gasteiger partial charge in [-0.25, -0.2) is 0 Å². The van der Waals surface area contributed by atoms with Crippen molar-refractivity contribution in [2.75, 3.05) is 17.6 Å². The number of hydrogen-bond acceptors (Lipinski definition) is 2. The van der Waals surface area contributed by atoms with Gasteiger partial charge in [-0.1, -0.05) is 0 Å². The third-order valence-electron chi connectivity index (χ3n) is 4.25. The second-order valence-electron chi connectivity index (χ2n) is 5.56. The van der Waals surface area contributed by atoms with Gasteiger partial charge in [0, 0.05) is 17.9 Å². The average Bonchev–Trinajstić information content (AvgIpc) is 3.13. The summed E-state index contributed by atoms with van der Waals surface area (Å²) < 4.78 is 0. The molecule has 2 aliphatic rings. The minimum absolute atomic E-state index is 0.662. The fourth-order valence-electron chi connectivity index (χ4n) is 2.65. The van der Waals surface area contributed by atoms with Crippen LogP contribution in [0.4, 0.5) is 11.4 Å². The fourth-order valence-corrected chi connectivity index (χ4v) is 2.65.